The molecule has 9 heteroatoms. The number of carbonyl (C=O) groups excluding carboxylic acids is 3. The van der Waals surface area contributed by atoms with Crippen molar-refractivity contribution in [3.05, 3.63) is 35.4 Å². The summed E-state index contributed by atoms with van der Waals surface area (Å²) in [5.74, 6) is -2.02. The molecule has 4 rings (SSSR count). The molecule has 3 saturated heterocycles. The number of piperidine rings is 1. The Morgan fingerprint density at radius 2 is 1.80 bits per heavy atom. The molecule has 0 aliphatic carbocycles. The number of imide groups is 1. The first-order valence-corrected chi connectivity index (χ1v) is 12.8. The number of likely N-dealkylation sites (tertiary alicyclic amines) is 2. The van der Waals surface area contributed by atoms with E-state index >= 15 is 0 Å². The number of carbonyl (C=O) groups is 3. The fourth-order valence-electron chi connectivity index (χ4n) is 6.10. The van der Waals surface area contributed by atoms with Crippen molar-refractivity contribution in [3.8, 4) is 0 Å². The largest absolute Gasteiger partial charge is 0.342 e. The van der Waals surface area contributed by atoms with E-state index in [9.17, 15) is 23.2 Å². The number of nitrogens with one attached hydrogen (secondary N) is 1. The van der Waals surface area contributed by atoms with Crippen molar-refractivity contribution in [2.45, 2.75) is 69.9 Å². The lowest BCUT2D eigenvalue weighted by Gasteiger charge is -2.41. The molecule has 4 amide bonds. The molecule has 0 unspecified atom stereocenters. The minimum absolute atomic E-state index is 0.0905. The molecule has 192 valence electrons. The van der Waals surface area contributed by atoms with E-state index in [1.807, 2.05) is 6.92 Å². The number of rotatable bonds is 8. The van der Waals surface area contributed by atoms with E-state index in [2.05, 4.69) is 17.3 Å². The Labute approximate surface area is 205 Å². The number of amides is 4. The average molecular weight is 491 g/mol. The molecule has 3 aliphatic rings. The van der Waals surface area contributed by atoms with Gasteiger partial charge in [-0.1, -0.05) is 19.4 Å². The summed E-state index contributed by atoms with van der Waals surface area (Å²) in [6.45, 7) is 4.24. The van der Waals surface area contributed by atoms with Crippen molar-refractivity contribution in [1.82, 2.24) is 20.0 Å². The molecule has 0 radical (unpaired) electrons. The van der Waals surface area contributed by atoms with Crippen LogP contribution in [-0.4, -0.2) is 77.4 Å². The van der Waals surface area contributed by atoms with Crippen molar-refractivity contribution in [2.24, 2.45) is 5.92 Å². The zero-order valence-electron chi connectivity index (χ0n) is 20.7. The Morgan fingerprint density at radius 1 is 1.11 bits per heavy atom. The molecule has 3 fully saturated rings. The van der Waals surface area contributed by atoms with E-state index in [0.717, 1.165) is 44.4 Å². The number of hydrogen-bond donors (Lipinski definition) is 1. The Bertz CT molecular complexity index is 946. The molecule has 0 bridgehead atoms. The van der Waals surface area contributed by atoms with Gasteiger partial charge in [0, 0.05) is 31.2 Å². The Morgan fingerprint density at radius 3 is 2.40 bits per heavy atom. The van der Waals surface area contributed by atoms with Crippen LogP contribution < -0.4 is 5.32 Å². The SMILES string of the molecule is CCC[C@]1(C2CCN(C(=O)Cc3c(F)cccc3F)CC2)NC(=O)N(CC[C@@H]2CCCN2C)C1=O. The Kier molecular flexibility index (Phi) is 7.73. The molecule has 1 aromatic carbocycles. The minimum Gasteiger partial charge on any atom is -0.342 e. The van der Waals surface area contributed by atoms with Crippen LogP contribution in [-0.2, 0) is 16.0 Å². The number of nitrogens with zero attached hydrogens (tertiary/aromatic N) is 3. The monoisotopic (exact) mass is 490 g/mol. The number of benzene rings is 1. The highest BCUT2D eigenvalue weighted by Gasteiger charge is 2.55. The van der Waals surface area contributed by atoms with Crippen LogP contribution in [0.2, 0.25) is 0 Å². The van der Waals surface area contributed by atoms with Gasteiger partial charge in [0.15, 0.2) is 0 Å². The van der Waals surface area contributed by atoms with Gasteiger partial charge < -0.3 is 15.1 Å². The predicted molar refractivity (Wildman–Crippen MR) is 128 cm³/mol. The van der Waals surface area contributed by atoms with Crippen molar-refractivity contribution in [3.63, 3.8) is 0 Å². The minimum atomic E-state index is -0.944. The highest BCUT2D eigenvalue weighted by Crippen LogP contribution is 2.37. The van der Waals surface area contributed by atoms with E-state index < -0.39 is 17.2 Å². The van der Waals surface area contributed by atoms with Crippen molar-refractivity contribution >= 4 is 17.8 Å². The summed E-state index contributed by atoms with van der Waals surface area (Å²) in [7, 11) is 2.08. The van der Waals surface area contributed by atoms with E-state index in [1.165, 1.54) is 11.0 Å². The third-order valence-electron chi connectivity index (χ3n) is 8.14. The zero-order valence-corrected chi connectivity index (χ0v) is 20.7. The Hall–Kier alpha value is -2.55. The highest BCUT2D eigenvalue weighted by molar-refractivity contribution is 6.07. The van der Waals surface area contributed by atoms with Crippen LogP contribution >= 0.6 is 0 Å². The second-order valence-electron chi connectivity index (χ2n) is 10.2. The molecule has 3 aliphatic heterocycles. The second kappa shape index (κ2) is 10.6. The summed E-state index contributed by atoms with van der Waals surface area (Å²) < 4.78 is 28.0. The third kappa shape index (κ3) is 5.06. The number of hydrogen-bond acceptors (Lipinski definition) is 4. The fraction of sp³-hybridized carbons (Fsp3) is 0.654. The van der Waals surface area contributed by atoms with Crippen LogP contribution in [0, 0.1) is 17.6 Å². The van der Waals surface area contributed by atoms with Gasteiger partial charge in [0.1, 0.15) is 17.2 Å². The normalized spacial score (nSPS) is 26.0. The highest BCUT2D eigenvalue weighted by atomic mass is 19.1. The van der Waals surface area contributed by atoms with Gasteiger partial charge in [-0.05, 0) is 70.2 Å². The topological polar surface area (TPSA) is 73.0 Å². The average Bonchev–Trinajstić information content (AvgIpc) is 3.35. The molecule has 2 atom stereocenters. The van der Waals surface area contributed by atoms with Gasteiger partial charge in [0.2, 0.25) is 5.91 Å². The predicted octanol–water partition coefficient (Wildman–Crippen LogP) is 3.32. The number of urea groups is 1. The molecule has 0 aromatic heterocycles. The van der Waals surface area contributed by atoms with Crippen LogP contribution in [0.15, 0.2) is 18.2 Å². The van der Waals surface area contributed by atoms with Gasteiger partial charge in [0.05, 0.1) is 6.42 Å². The van der Waals surface area contributed by atoms with Gasteiger partial charge in [-0.2, -0.15) is 0 Å². The van der Waals surface area contributed by atoms with E-state index in [4.69, 9.17) is 0 Å². The van der Waals surface area contributed by atoms with Crippen LogP contribution in [0.3, 0.4) is 0 Å². The third-order valence-corrected chi connectivity index (χ3v) is 8.14. The number of halogens is 2. The first-order chi connectivity index (χ1) is 16.8. The first kappa shape index (κ1) is 25.5. The zero-order chi connectivity index (χ0) is 25.2. The summed E-state index contributed by atoms with van der Waals surface area (Å²) in [6, 6.07) is 3.65. The lowest BCUT2D eigenvalue weighted by Crippen LogP contribution is -2.56. The maximum Gasteiger partial charge on any atom is 0.325 e. The molecule has 35 heavy (non-hydrogen) atoms. The standard InChI is InChI=1S/C26H36F2N4O3/c1-3-12-26(24(34)32(25(35)29-26)16-11-19-6-5-13-30(19)2)18-9-14-31(15-10-18)23(33)17-20-21(27)7-4-8-22(20)28/h4,7-8,18-19H,3,5-6,9-17H2,1-2H3,(H,29,35)/t19-,26+/m0/s1. The molecule has 1 aromatic rings. The van der Waals surface area contributed by atoms with Crippen LogP contribution in [0.4, 0.5) is 13.6 Å². The smallest absolute Gasteiger partial charge is 0.325 e. The summed E-state index contributed by atoms with van der Waals surface area (Å²) >= 11 is 0. The van der Waals surface area contributed by atoms with Gasteiger partial charge in [0.25, 0.3) is 5.91 Å². The van der Waals surface area contributed by atoms with Crippen molar-refractivity contribution in [1.29, 1.82) is 0 Å². The lowest BCUT2D eigenvalue weighted by atomic mass is 9.74. The lowest BCUT2D eigenvalue weighted by molar-refractivity contribution is -0.136. The van der Waals surface area contributed by atoms with Gasteiger partial charge >= 0.3 is 6.03 Å². The van der Waals surface area contributed by atoms with Gasteiger partial charge in [-0.3, -0.25) is 14.5 Å². The fourth-order valence-corrected chi connectivity index (χ4v) is 6.10. The Balaban J connectivity index is 1.39. The van der Waals surface area contributed by atoms with Crippen molar-refractivity contribution in [2.75, 3.05) is 33.2 Å². The van der Waals surface area contributed by atoms with Crippen LogP contribution in [0.1, 0.15) is 57.4 Å². The maximum atomic E-state index is 14.0. The quantitative estimate of drug-likeness (QED) is 0.568. The summed E-state index contributed by atoms with van der Waals surface area (Å²) in [5.41, 5.74) is -1.16. The molecule has 7 nitrogen and oxygen atoms in total. The van der Waals surface area contributed by atoms with E-state index in [0.29, 0.717) is 44.9 Å². The maximum absolute atomic E-state index is 14.0. The molecule has 0 spiro atoms. The van der Waals surface area contributed by atoms with Crippen molar-refractivity contribution < 1.29 is 23.2 Å². The summed E-state index contributed by atoms with van der Waals surface area (Å²) in [5, 5.41) is 3.04. The summed E-state index contributed by atoms with van der Waals surface area (Å²) in [6.07, 6.45) is 5.08. The molecule has 0 saturated carbocycles. The van der Waals surface area contributed by atoms with E-state index in [-0.39, 0.29) is 35.7 Å². The van der Waals surface area contributed by atoms with Crippen LogP contribution in [0.5, 0.6) is 0 Å². The van der Waals surface area contributed by atoms with Gasteiger partial charge in [-0.15, -0.1) is 0 Å². The molecule has 3 heterocycles. The van der Waals surface area contributed by atoms with E-state index in [1.54, 1.807) is 4.90 Å². The first-order valence-electron chi connectivity index (χ1n) is 12.8. The van der Waals surface area contributed by atoms with Gasteiger partial charge in [-0.25, -0.2) is 13.6 Å². The second-order valence-corrected chi connectivity index (χ2v) is 10.2. The molecular formula is C26H36F2N4O3. The molecule has 1 N–H and O–H groups in total. The van der Waals surface area contributed by atoms with Crippen LogP contribution in [0.25, 0.3) is 0 Å². The summed E-state index contributed by atoms with van der Waals surface area (Å²) in [4.78, 5) is 44.5. The molecular weight excluding hydrogens is 454 g/mol.